The first kappa shape index (κ1) is 21.1. The van der Waals surface area contributed by atoms with Crippen molar-refractivity contribution in [3.05, 3.63) is 76.9 Å². The predicted octanol–water partition coefficient (Wildman–Crippen LogP) is 2.65. The molecule has 0 fully saturated rings. The summed E-state index contributed by atoms with van der Waals surface area (Å²) in [4.78, 5) is 27.9. The first-order valence-electron chi connectivity index (χ1n) is 9.36. The average molecular weight is 413 g/mol. The second-order valence-electron chi connectivity index (χ2n) is 6.72. The van der Waals surface area contributed by atoms with Crippen molar-refractivity contribution in [3.63, 3.8) is 0 Å². The summed E-state index contributed by atoms with van der Waals surface area (Å²) in [7, 11) is 1.68. The van der Waals surface area contributed by atoms with Crippen LogP contribution in [0.25, 0.3) is 0 Å². The number of amides is 1. The minimum Gasteiger partial charge on any atom is -0.388 e. The molecule has 156 valence electrons. The maximum absolute atomic E-state index is 13.3. The Morgan fingerprint density at radius 3 is 2.73 bits per heavy atom. The maximum Gasteiger partial charge on any atom is 0.291 e. The zero-order valence-corrected chi connectivity index (χ0v) is 16.3. The van der Waals surface area contributed by atoms with Crippen LogP contribution >= 0.6 is 0 Å². The SMILES string of the molecule is CNc1cc(F)ccc1CC[C@@H](C=O)NC(=O)c1n[nH]c(Cc2cccc(F)c2)n1. The van der Waals surface area contributed by atoms with E-state index in [0.29, 0.717) is 36.2 Å². The van der Waals surface area contributed by atoms with Crippen molar-refractivity contribution in [3.8, 4) is 0 Å². The number of H-pyrrole nitrogens is 1. The van der Waals surface area contributed by atoms with Crippen molar-refractivity contribution in [2.75, 3.05) is 12.4 Å². The van der Waals surface area contributed by atoms with E-state index >= 15 is 0 Å². The van der Waals surface area contributed by atoms with Gasteiger partial charge in [0, 0.05) is 19.2 Å². The number of aldehydes is 1. The Kier molecular flexibility index (Phi) is 6.84. The molecule has 0 saturated heterocycles. The van der Waals surface area contributed by atoms with E-state index in [-0.39, 0.29) is 23.9 Å². The van der Waals surface area contributed by atoms with E-state index in [9.17, 15) is 18.4 Å². The lowest BCUT2D eigenvalue weighted by Gasteiger charge is -2.13. The van der Waals surface area contributed by atoms with Crippen molar-refractivity contribution in [2.24, 2.45) is 0 Å². The molecule has 0 aliphatic carbocycles. The number of hydrogen-bond donors (Lipinski definition) is 3. The predicted molar refractivity (Wildman–Crippen MR) is 107 cm³/mol. The highest BCUT2D eigenvalue weighted by atomic mass is 19.1. The summed E-state index contributed by atoms with van der Waals surface area (Å²) in [6, 6.07) is 9.65. The average Bonchev–Trinajstić information content (AvgIpc) is 3.20. The number of nitrogens with zero attached hydrogens (tertiary/aromatic N) is 2. The van der Waals surface area contributed by atoms with Gasteiger partial charge in [0.05, 0.1) is 6.04 Å². The van der Waals surface area contributed by atoms with Gasteiger partial charge in [-0.25, -0.2) is 13.8 Å². The molecule has 9 heteroatoms. The first-order chi connectivity index (χ1) is 14.5. The number of carbonyl (C=O) groups is 2. The van der Waals surface area contributed by atoms with Crippen LogP contribution in [-0.4, -0.2) is 40.5 Å². The third-order valence-electron chi connectivity index (χ3n) is 4.54. The summed E-state index contributed by atoms with van der Waals surface area (Å²) in [5, 5.41) is 12.0. The van der Waals surface area contributed by atoms with E-state index in [4.69, 9.17) is 0 Å². The van der Waals surface area contributed by atoms with Crippen molar-refractivity contribution >= 4 is 17.9 Å². The molecule has 2 aromatic carbocycles. The number of hydrogen-bond acceptors (Lipinski definition) is 5. The molecule has 0 aliphatic rings. The van der Waals surface area contributed by atoms with Gasteiger partial charge >= 0.3 is 0 Å². The Morgan fingerprint density at radius 2 is 2.00 bits per heavy atom. The summed E-state index contributed by atoms with van der Waals surface area (Å²) in [6.07, 6.45) is 1.71. The number of rotatable bonds is 9. The van der Waals surface area contributed by atoms with Gasteiger partial charge in [0.2, 0.25) is 5.82 Å². The number of aryl methyl sites for hydroxylation is 1. The standard InChI is InChI=1S/C21H21F2N5O2/c1-24-18-11-16(23)7-5-14(18)6-8-17(12-29)25-21(30)20-26-19(27-28-20)10-13-3-2-4-15(22)9-13/h2-5,7,9,11-12,17,24H,6,8,10H2,1H3,(H,25,30)(H,26,27,28)/t17-/m0/s1. The Morgan fingerprint density at radius 1 is 1.20 bits per heavy atom. The number of nitrogens with one attached hydrogen (secondary N) is 3. The molecule has 0 saturated carbocycles. The molecule has 0 spiro atoms. The Balaban J connectivity index is 1.59. The molecule has 1 aromatic heterocycles. The van der Waals surface area contributed by atoms with Gasteiger partial charge in [-0.3, -0.25) is 9.89 Å². The largest absolute Gasteiger partial charge is 0.388 e. The second kappa shape index (κ2) is 9.73. The number of aromatic amines is 1. The van der Waals surface area contributed by atoms with Gasteiger partial charge in [0.25, 0.3) is 5.91 Å². The maximum atomic E-state index is 13.3. The minimum atomic E-state index is -0.752. The van der Waals surface area contributed by atoms with Crippen molar-refractivity contribution in [1.29, 1.82) is 0 Å². The van der Waals surface area contributed by atoms with Crippen LogP contribution in [0.3, 0.4) is 0 Å². The van der Waals surface area contributed by atoms with E-state index in [1.165, 1.54) is 24.3 Å². The summed E-state index contributed by atoms with van der Waals surface area (Å²) < 4.78 is 26.6. The molecular formula is C21H21F2N5O2. The molecule has 0 aliphatic heterocycles. The lowest BCUT2D eigenvalue weighted by Crippen LogP contribution is -2.37. The van der Waals surface area contributed by atoms with Gasteiger partial charge in [0.1, 0.15) is 23.7 Å². The highest BCUT2D eigenvalue weighted by molar-refractivity contribution is 5.92. The smallest absolute Gasteiger partial charge is 0.291 e. The molecule has 0 bridgehead atoms. The quantitative estimate of drug-likeness (QED) is 0.469. The van der Waals surface area contributed by atoms with Crippen molar-refractivity contribution in [1.82, 2.24) is 20.5 Å². The fourth-order valence-electron chi connectivity index (χ4n) is 3.03. The highest BCUT2D eigenvalue weighted by Crippen LogP contribution is 2.19. The van der Waals surface area contributed by atoms with Gasteiger partial charge in [0.15, 0.2) is 0 Å². The molecule has 3 aromatic rings. The molecule has 0 radical (unpaired) electrons. The zero-order chi connectivity index (χ0) is 21.5. The van der Waals surface area contributed by atoms with Gasteiger partial charge in [-0.05, 0) is 48.2 Å². The number of aromatic nitrogens is 3. The third kappa shape index (κ3) is 5.47. The van der Waals surface area contributed by atoms with E-state index in [2.05, 4.69) is 25.8 Å². The fourth-order valence-corrected chi connectivity index (χ4v) is 3.03. The molecule has 3 rings (SSSR count). The number of halogens is 2. The van der Waals surface area contributed by atoms with Crippen LogP contribution in [0.2, 0.25) is 0 Å². The zero-order valence-electron chi connectivity index (χ0n) is 16.3. The Bertz CT molecular complexity index is 1040. The third-order valence-corrected chi connectivity index (χ3v) is 4.54. The molecule has 30 heavy (non-hydrogen) atoms. The van der Waals surface area contributed by atoms with Crippen LogP contribution in [0.5, 0.6) is 0 Å². The molecule has 7 nitrogen and oxygen atoms in total. The minimum absolute atomic E-state index is 0.106. The van der Waals surface area contributed by atoms with E-state index < -0.39 is 11.9 Å². The van der Waals surface area contributed by atoms with Gasteiger partial charge in [-0.15, -0.1) is 5.10 Å². The lowest BCUT2D eigenvalue weighted by atomic mass is 10.0. The van der Waals surface area contributed by atoms with Crippen molar-refractivity contribution in [2.45, 2.75) is 25.3 Å². The summed E-state index contributed by atoms with van der Waals surface area (Å²) in [5.41, 5.74) is 2.14. The van der Waals surface area contributed by atoms with Crippen LogP contribution in [0.1, 0.15) is 34.0 Å². The van der Waals surface area contributed by atoms with E-state index in [0.717, 1.165) is 5.56 Å². The molecule has 1 heterocycles. The normalized spacial score (nSPS) is 11.7. The van der Waals surface area contributed by atoms with Gasteiger partial charge in [-0.2, -0.15) is 0 Å². The number of carbonyl (C=O) groups excluding carboxylic acids is 2. The Hall–Kier alpha value is -3.62. The van der Waals surface area contributed by atoms with Crippen LogP contribution in [0.15, 0.2) is 42.5 Å². The topological polar surface area (TPSA) is 99.8 Å². The summed E-state index contributed by atoms with van der Waals surface area (Å²) in [6.45, 7) is 0. The fraction of sp³-hybridized carbons (Fsp3) is 0.238. The van der Waals surface area contributed by atoms with Crippen LogP contribution < -0.4 is 10.6 Å². The molecule has 3 N–H and O–H groups in total. The lowest BCUT2D eigenvalue weighted by molar-refractivity contribution is -0.109. The van der Waals surface area contributed by atoms with Crippen LogP contribution in [0, 0.1) is 11.6 Å². The summed E-state index contributed by atoms with van der Waals surface area (Å²) >= 11 is 0. The van der Waals surface area contributed by atoms with Crippen LogP contribution in [0.4, 0.5) is 14.5 Å². The summed E-state index contributed by atoms with van der Waals surface area (Å²) in [5.74, 6) is -1.02. The number of anilines is 1. The van der Waals surface area contributed by atoms with Gasteiger partial charge < -0.3 is 15.4 Å². The molecule has 1 amide bonds. The van der Waals surface area contributed by atoms with Gasteiger partial charge in [-0.1, -0.05) is 18.2 Å². The van der Waals surface area contributed by atoms with Crippen LogP contribution in [-0.2, 0) is 17.6 Å². The second-order valence-corrected chi connectivity index (χ2v) is 6.72. The highest BCUT2D eigenvalue weighted by Gasteiger charge is 2.18. The molecule has 0 unspecified atom stereocenters. The van der Waals surface area contributed by atoms with Crippen molar-refractivity contribution < 1.29 is 18.4 Å². The van der Waals surface area contributed by atoms with E-state index in [1.54, 1.807) is 25.2 Å². The number of benzene rings is 2. The Labute approximate surface area is 171 Å². The molecular weight excluding hydrogens is 392 g/mol. The van der Waals surface area contributed by atoms with E-state index in [1.807, 2.05) is 0 Å². The molecule has 1 atom stereocenters. The monoisotopic (exact) mass is 413 g/mol. The first-order valence-corrected chi connectivity index (χ1v) is 9.36.